The Morgan fingerprint density at radius 3 is 2.50 bits per heavy atom. The van der Waals surface area contributed by atoms with Gasteiger partial charge in [-0.25, -0.2) is 0 Å². The van der Waals surface area contributed by atoms with Crippen molar-refractivity contribution in [1.82, 2.24) is 4.98 Å². The van der Waals surface area contributed by atoms with E-state index in [1.807, 2.05) is 23.6 Å². The molecule has 0 aliphatic heterocycles. The van der Waals surface area contributed by atoms with E-state index < -0.39 is 0 Å². The molecule has 0 radical (unpaired) electrons. The van der Waals surface area contributed by atoms with Crippen molar-refractivity contribution in [1.29, 1.82) is 0 Å². The fraction of sp³-hybridized carbons (Fsp3) is 0.125. The van der Waals surface area contributed by atoms with Gasteiger partial charge in [0.05, 0.1) is 5.52 Å². The molecule has 26 heavy (non-hydrogen) atoms. The summed E-state index contributed by atoms with van der Waals surface area (Å²) in [4.78, 5) is 6.12. The van der Waals surface area contributed by atoms with Gasteiger partial charge in [0.1, 0.15) is 0 Å². The van der Waals surface area contributed by atoms with E-state index in [-0.39, 0.29) is 0 Å². The van der Waals surface area contributed by atoms with Gasteiger partial charge in [0, 0.05) is 22.0 Å². The lowest BCUT2D eigenvalue weighted by molar-refractivity contribution is 1.32. The topological polar surface area (TPSA) is 12.9 Å². The second-order valence-electron chi connectivity index (χ2n) is 6.93. The molecule has 0 atom stereocenters. The lowest BCUT2D eigenvalue weighted by Crippen LogP contribution is -1.95. The Balaban J connectivity index is 1.87. The third-order valence-electron chi connectivity index (χ3n) is 5.31. The molecule has 4 aromatic rings. The Kier molecular flexibility index (Phi) is 3.54. The predicted molar refractivity (Wildman–Crippen MR) is 113 cm³/mol. The Bertz CT molecular complexity index is 1180. The van der Waals surface area contributed by atoms with Gasteiger partial charge in [-0.1, -0.05) is 42.5 Å². The van der Waals surface area contributed by atoms with Gasteiger partial charge in [0.25, 0.3) is 0 Å². The molecule has 2 heterocycles. The Morgan fingerprint density at radius 1 is 0.885 bits per heavy atom. The molecule has 2 aromatic carbocycles. The highest BCUT2D eigenvalue weighted by atomic mass is 32.1. The molecule has 0 amide bonds. The maximum atomic E-state index is 4.71. The second kappa shape index (κ2) is 5.93. The summed E-state index contributed by atoms with van der Waals surface area (Å²) in [6.07, 6.45) is 7.46. The number of fused-ring (bicyclic) bond motifs is 2. The number of pyridine rings is 1. The van der Waals surface area contributed by atoms with Crippen LogP contribution in [0.15, 0.2) is 60.1 Å². The van der Waals surface area contributed by atoms with Crippen LogP contribution in [0.25, 0.3) is 39.2 Å². The largest absolute Gasteiger partial charge is 0.256 e. The van der Waals surface area contributed by atoms with Crippen LogP contribution in [0.2, 0.25) is 0 Å². The van der Waals surface area contributed by atoms with Crippen molar-refractivity contribution in [3.63, 3.8) is 0 Å². The summed E-state index contributed by atoms with van der Waals surface area (Å²) >= 11 is 1.85. The molecule has 2 heteroatoms. The smallest absolute Gasteiger partial charge is 0.0780 e. The van der Waals surface area contributed by atoms with E-state index in [4.69, 9.17) is 4.98 Å². The summed E-state index contributed by atoms with van der Waals surface area (Å²) in [6, 6.07) is 15.1. The maximum Gasteiger partial charge on any atom is 0.0780 e. The molecule has 2 aromatic heterocycles. The molecule has 0 saturated carbocycles. The highest BCUT2D eigenvalue weighted by Gasteiger charge is 2.21. The Morgan fingerprint density at radius 2 is 1.65 bits per heavy atom. The summed E-state index contributed by atoms with van der Waals surface area (Å²) in [5, 5.41) is 3.52. The number of benzene rings is 2. The lowest BCUT2D eigenvalue weighted by Gasteiger charge is -2.18. The van der Waals surface area contributed by atoms with Crippen LogP contribution in [0.3, 0.4) is 0 Å². The normalized spacial score (nSPS) is 12.7. The standard InChI is InChI=1S/C24H19NS/c1-15-11-12-16(2)23(20-14-26-21-10-4-8-18(20)21)22(15)19-9-3-6-17-7-5-13-25-24(17)19/h3-7,9-14H,8H2,1-2H3. The van der Waals surface area contributed by atoms with Crippen molar-refractivity contribution in [3.8, 4) is 22.3 Å². The first-order valence-electron chi connectivity index (χ1n) is 8.95. The molecule has 5 rings (SSSR count). The van der Waals surface area contributed by atoms with E-state index in [0.717, 1.165) is 11.9 Å². The summed E-state index contributed by atoms with van der Waals surface area (Å²) < 4.78 is 0. The fourth-order valence-electron chi connectivity index (χ4n) is 4.05. The highest BCUT2D eigenvalue weighted by Crippen LogP contribution is 2.44. The minimum Gasteiger partial charge on any atom is -0.256 e. The van der Waals surface area contributed by atoms with Crippen LogP contribution in [0.1, 0.15) is 21.6 Å². The fourth-order valence-corrected chi connectivity index (χ4v) is 5.07. The monoisotopic (exact) mass is 353 g/mol. The van der Waals surface area contributed by atoms with Crippen LogP contribution in [0.4, 0.5) is 0 Å². The summed E-state index contributed by atoms with van der Waals surface area (Å²) in [6.45, 7) is 4.44. The zero-order chi connectivity index (χ0) is 17.7. The number of aromatic nitrogens is 1. The zero-order valence-electron chi connectivity index (χ0n) is 14.9. The van der Waals surface area contributed by atoms with E-state index in [0.29, 0.717) is 0 Å². The number of thiophene rings is 1. The van der Waals surface area contributed by atoms with E-state index in [2.05, 4.69) is 67.8 Å². The molecule has 1 aliphatic carbocycles. The molecule has 0 unspecified atom stereocenters. The third-order valence-corrected chi connectivity index (χ3v) is 6.30. The van der Waals surface area contributed by atoms with Gasteiger partial charge in [-0.2, -0.15) is 0 Å². The maximum absolute atomic E-state index is 4.71. The molecular weight excluding hydrogens is 334 g/mol. The summed E-state index contributed by atoms with van der Waals surface area (Å²) in [7, 11) is 0. The zero-order valence-corrected chi connectivity index (χ0v) is 15.7. The molecule has 0 fully saturated rings. The number of hydrogen-bond donors (Lipinski definition) is 0. The molecule has 0 spiro atoms. The van der Waals surface area contributed by atoms with E-state index in [9.17, 15) is 0 Å². The average molecular weight is 353 g/mol. The Hall–Kier alpha value is -2.71. The van der Waals surface area contributed by atoms with Crippen molar-refractivity contribution < 1.29 is 0 Å². The van der Waals surface area contributed by atoms with Crippen LogP contribution >= 0.6 is 11.3 Å². The van der Waals surface area contributed by atoms with Crippen molar-refractivity contribution >= 4 is 28.3 Å². The quantitative estimate of drug-likeness (QED) is 0.385. The van der Waals surface area contributed by atoms with Crippen LogP contribution in [0, 0.1) is 13.8 Å². The number of aryl methyl sites for hydroxylation is 2. The van der Waals surface area contributed by atoms with Crippen LogP contribution in [-0.2, 0) is 6.42 Å². The van der Waals surface area contributed by atoms with Gasteiger partial charge in [-0.3, -0.25) is 4.98 Å². The Labute approximate surface area is 157 Å². The first kappa shape index (κ1) is 15.5. The van der Waals surface area contributed by atoms with Crippen molar-refractivity contribution in [2.75, 3.05) is 0 Å². The molecule has 1 aliphatic rings. The second-order valence-corrected chi connectivity index (χ2v) is 7.84. The van der Waals surface area contributed by atoms with E-state index in [1.54, 1.807) is 0 Å². The SMILES string of the molecule is Cc1ccc(C)c(-c2cccc3cccnc23)c1-c1csc2c1CC=C2. The van der Waals surface area contributed by atoms with Crippen molar-refractivity contribution in [2.45, 2.75) is 20.3 Å². The number of allylic oxidation sites excluding steroid dienone is 1. The van der Waals surface area contributed by atoms with Gasteiger partial charge >= 0.3 is 0 Å². The highest BCUT2D eigenvalue weighted by molar-refractivity contribution is 7.11. The average Bonchev–Trinajstić information content (AvgIpc) is 3.27. The van der Waals surface area contributed by atoms with E-state index >= 15 is 0 Å². The van der Waals surface area contributed by atoms with Gasteiger partial charge in [0.15, 0.2) is 0 Å². The summed E-state index contributed by atoms with van der Waals surface area (Å²) in [5.41, 5.74) is 10.5. The molecular formula is C24H19NS. The minimum atomic E-state index is 1.04. The lowest BCUT2D eigenvalue weighted by atomic mass is 9.86. The van der Waals surface area contributed by atoms with Crippen molar-refractivity contribution in [2.24, 2.45) is 0 Å². The molecule has 0 bridgehead atoms. The van der Waals surface area contributed by atoms with Gasteiger partial charge < -0.3 is 0 Å². The first-order chi connectivity index (χ1) is 12.7. The summed E-state index contributed by atoms with van der Waals surface area (Å²) in [5.74, 6) is 0. The van der Waals surface area contributed by atoms with Crippen molar-refractivity contribution in [3.05, 3.63) is 81.7 Å². The number of nitrogens with zero attached hydrogens (tertiary/aromatic N) is 1. The minimum absolute atomic E-state index is 1.04. The molecule has 0 N–H and O–H groups in total. The molecule has 0 saturated heterocycles. The van der Waals surface area contributed by atoms with Gasteiger partial charge in [-0.05, 0) is 71.2 Å². The number of para-hydroxylation sites is 1. The van der Waals surface area contributed by atoms with Crippen LogP contribution < -0.4 is 0 Å². The third kappa shape index (κ3) is 2.26. The number of hydrogen-bond acceptors (Lipinski definition) is 2. The number of rotatable bonds is 2. The van der Waals surface area contributed by atoms with E-state index in [1.165, 1.54) is 49.2 Å². The van der Waals surface area contributed by atoms with Gasteiger partial charge in [-0.15, -0.1) is 11.3 Å². The predicted octanol–water partition coefficient (Wildman–Crippen LogP) is 6.82. The van der Waals surface area contributed by atoms with Gasteiger partial charge in [0.2, 0.25) is 0 Å². The van der Waals surface area contributed by atoms with Crippen LogP contribution in [-0.4, -0.2) is 4.98 Å². The van der Waals surface area contributed by atoms with Crippen LogP contribution in [0.5, 0.6) is 0 Å². The molecule has 1 nitrogen and oxygen atoms in total. The molecule has 126 valence electrons. The first-order valence-corrected chi connectivity index (χ1v) is 9.83.